The van der Waals surface area contributed by atoms with Crippen LogP contribution in [0.2, 0.25) is 0 Å². The van der Waals surface area contributed by atoms with Crippen molar-refractivity contribution in [3.8, 4) is 5.75 Å². The number of benzene rings is 1. The number of Topliss-reactive ketones (excluding diaryl/α,β-unsaturated/α-hetero) is 1. The molecule has 2 rings (SSSR count). The Bertz CT molecular complexity index is 625. The predicted octanol–water partition coefficient (Wildman–Crippen LogP) is 3.67. The molecule has 1 aromatic rings. The molecule has 0 aromatic heterocycles. The van der Waals surface area contributed by atoms with Crippen molar-refractivity contribution in [2.24, 2.45) is 5.92 Å². The van der Waals surface area contributed by atoms with Gasteiger partial charge in [0, 0.05) is 37.0 Å². The number of rotatable bonds is 9. The number of nitrogens with zero attached hydrogens (tertiary/aromatic N) is 1. The lowest BCUT2D eigenvalue weighted by atomic mass is 9.93. The number of hydrogen-bond donors (Lipinski definition) is 1. The van der Waals surface area contributed by atoms with E-state index in [9.17, 15) is 9.59 Å². The second-order valence-corrected chi connectivity index (χ2v) is 8.16. The van der Waals surface area contributed by atoms with Crippen LogP contribution in [0.3, 0.4) is 0 Å². The van der Waals surface area contributed by atoms with Gasteiger partial charge >= 0.3 is 0 Å². The van der Waals surface area contributed by atoms with Crippen molar-refractivity contribution in [3.05, 3.63) is 29.8 Å². The number of ketones is 1. The lowest BCUT2D eigenvalue weighted by Crippen LogP contribution is -2.54. The number of likely N-dealkylation sites (tertiary alicyclic amines) is 1. The fraction of sp³-hybridized carbons (Fsp3) is 0.636. The average molecular weight is 375 g/mol. The summed E-state index contributed by atoms with van der Waals surface area (Å²) in [5.41, 5.74) is 0.553. The minimum atomic E-state index is -0.0660. The van der Waals surface area contributed by atoms with Crippen LogP contribution < -0.4 is 10.1 Å². The molecule has 1 saturated heterocycles. The molecular weight excluding hydrogens is 340 g/mol. The Morgan fingerprint density at radius 2 is 1.93 bits per heavy atom. The van der Waals surface area contributed by atoms with Gasteiger partial charge in [-0.15, -0.1) is 0 Å². The lowest BCUT2D eigenvalue weighted by molar-refractivity contribution is -0.121. The molecular formula is C22H34N2O3. The van der Waals surface area contributed by atoms with E-state index in [1.54, 1.807) is 24.3 Å². The van der Waals surface area contributed by atoms with E-state index in [1.165, 1.54) is 12.8 Å². The Morgan fingerprint density at radius 3 is 2.56 bits per heavy atom. The van der Waals surface area contributed by atoms with Crippen molar-refractivity contribution in [1.82, 2.24) is 10.2 Å². The lowest BCUT2D eigenvalue weighted by Gasteiger charge is -2.43. The molecule has 0 saturated carbocycles. The topological polar surface area (TPSA) is 58.6 Å². The van der Waals surface area contributed by atoms with Gasteiger partial charge in [0.05, 0.1) is 6.61 Å². The quantitative estimate of drug-likeness (QED) is 0.670. The molecule has 150 valence electrons. The zero-order chi connectivity index (χ0) is 19.9. The van der Waals surface area contributed by atoms with Crippen LogP contribution in [0.1, 0.15) is 63.7 Å². The molecule has 1 aliphatic rings. The average Bonchev–Trinajstić information content (AvgIpc) is 2.65. The molecule has 1 fully saturated rings. The van der Waals surface area contributed by atoms with Crippen LogP contribution in [-0.2, 0) is 4.79 Å². The van der Waals surface area contributed by atoms with Crippen molar-refractivity contribution >= 4 is 11.7 Å². The third-order valence-corrected chi connectivity index (χ3v) is 5.30. The summed E-state index contributed by atoms with van der Waals surface area (Å²) in [7, 11) is 0. The summed E-state index contributed by atoms with van der Waals surface area (Å²) in [5.74, 6) is 1.38. The van der Waals surface area contributed by atoms with E-state index in [4.69, 9.17) is 4.74 Å². The number of carbonyl (C=O) groups excluding carboxylic acids is 2. The molecule has 5 heteroatoms. The number of ether oxygens (including phenoxy) is 1. The second-order valence-electron chi connectivity index (χ2n) is 8.16. The Labute approximate surface area is 163 Å². The molecule has 1 N–H and O–H groups in total. The van der Waals surface area contributed by atoms with Gasteiger partial charge in [-0.1, -0.05) is 6.92 Å². The van der Waals surface area contributed by atoms with E-state index in [1.807, 2.05) is 6.92 Å². The fourth-order valence-electron chi connectivity index (χ4n) is 3.53. The van der Waals surface area contributed by atoms with Gasteiger partial charge in [0.15, 0.2) is 5.78 Å². The van der Waals surface area contributed by atoms with E-state index >= 15 is 0 Å². The van der Waals surface area contributed by atoms with E-state index in [0.29, 0.717) is 24.6 Å². The van der Waals surface area contributed by atoms with Gasteiger partial charge in [-0.3, -0.25) is 14.5 Å². The minimum Gasteiger partial charge on any atom is -0.494 e. The molecule has 1 atom stereocenters. The summed E-state index contributed by atoms with van der Waals surface area (Å²) in [4.78, 5) is 26.9. The van der Waals surface area contributed by atoms with Gasteiger partial charge < -0.3 is 10.1 Å². The Balaban J connectivity index is 1.75. The summed E-state index contributed by atoms with van der Waals surface area (Å²) in [6.45, 7) is 11.9. The molecule has 1 amide bonds. The largest absolute Gasteiger partial charge is 0.494 e. The molecule has 0 radical (unpaired) electrons. The Hall–Kier alpha value is -1.88. The molecule has 1 heterocycles. The molecule has 27 heavy (non-hydrogen) atoms. The van der Waals surface area contributed by atoms with Crippen molar-refractivity contribution < 1.29 is 14.3 Å². The first kappa shape index (κ1) is 21.4. The van der Waals surface area contributed by atoms with Crippen molar-refractivity contribution in [3.63, 3.8) is 0 Å². The Kier molecular flexibility index (Phi) is 7.84. The minimum absolute atomic E-state index is 0.0164. The van der Waals surface area contributed by atoms with Crippen LogP contribution in [0.5, 0.6) is 5.75 Å². The normalized spacial score (nSPS) is 18.1. The van der Waals surface area contributed by atoms with Crippen LogP contribution in [0, 0.1) is 5.92 Å². The van der Waals surface area contributed by atoms with E-state index in [0.717, 1.165) is 18.8 Å². The molecule has 0 spiro atoms. The molecule has 1 unspecified atom stereocenters. The van der Waals surface area contributed by atoms with E-state index in [-0.39, 0.29) is 30.1 Å². The van der Waals surface area contributed by atoms with Crippen LogP contribution in [0.4, 0.5) is 0 Å². The standard InChI is InChI=1S/C22H34N2O3/c1-5-27-19-10-8-18(9-11-19)20(25)12-13-21(26)23-16-22(3,4)24-14-6-7-17(2)15-24/h8-11,17H,5-7,12-16H2,1-4H3,(H,23,26). The van der Waals surface area contributed by atoms with Crippen LogP contribution in [-0.4, -0.2) is 48.4 Å². The smallest absolute Gasteiger partial charge is 0.220 e. The van der Waals surface area contributed by atoms with E-state index < -0.39 is 0 Å². The highest BCUT2D eigenvalue weighted by Crippen LogP contribution is 2.23. The van der Waals surface area contributed by atoms with Crippen molar-refractivity contribution in [1.29, 1.82) is 0 Å². The molecule has 0 bridgehead atoms. The van der Waals surface area contributed by atoms with Crippen LogP contribution in [0.15, 0.2) is 24.3 Å². The monoisotopic (exact) mass is 374 g/mol. The van der Waals surface area contributed by atoms with Gasteiger partial charge in [0.25, 0.3) is 0 Å². The maximum Gasteiger partial charge on any atom is 0.220 e. The van der Waals surface area contributed by atoms with E-state index in [2.05, 4.69) is 31.0 Å². The third-order valence-electron chi connectivity index (χ3n) is 5.30. The zero-order valence-electron chi connectivity index (χ0n) is 17.2. The first-order chi connectivity index (χ1) is 12.8. The molecule has 5 nitrogen and oxygen atoms in total. The van der Waals surface area contributed by atoms with Gasteiger partial charge in [0.1, 0.15) is 5.75 Å². The zero-order valence-corrected chi connectivity index (χ0v) is 17.2. The summed E-state index contributed by atoms with van der Waals surface area (Å²) in [5, 5.41) is 3.01. The SMILES string of the molecule is CCOc1ccc(C(=O)CCC(=O)NCC(C)(C)N2CCCC(C)C2)cc1. The highest BCUT2D eigenvalue weighted by Gasteiger charge is 2.30. The maximum absolute atomic E-state index is 12.3. The summed E-state index contributed by atoms with van der Waals surface area (Å²) in [6.07, 6.45) is 2.95. The van der Waals surface area contributed by atoms with Crippen LogP contribution >= 0.6 is 0 Å². The Morgan fingerprint density at radius 1 is 1.22 bits per heavy atom. The first-order valence-corrected chi connectivity index (χ1v) is 10.1. The maximum atomic E-state index is 12.3. The highest BCUT2D eigenvalue weighted by atomic mass is 16.5. The predicted molar refractivity (Wildman–Crippen MR) is 108 cm³/mol. The van der Waals surface area contributed by atoms with Crippen molar-refractivity contribution in [2.45, 2.75) is 58.9 Å². The third kappa shape index (κ3) is 6.65. The number of piperidine rings is 1. The van der Waals surface area contributed by atoms with Gasteiger partial charge in [-0.05, 0) is 70.3 Å². The molecule has 1 aliphatic heterocycles. The summed E-state index contributed by atoms with van der Waals surface area (Å²) < 4.78 is 5.38. The van der Waals surface area contributed by atoms with Gasteiger partial charge in [-0.2, -0.15) is 0 Å². The number of hydrogen-bond acceptors (Lipinski definition) is 4. The van der Waals surface area contributed by atoms with Gasteiger partial charge in [0.2, 0.25) is 5.91 Å². The summed E-state index contributed by atoms with van der Waals surface area (Å²) >= 11 is 0. The first-order valence-electron chi connectivity index (χ1n) is 10.1. The van der Waals surface area contributed by atoms with Gasteiger partial charge in [-0.25, -0.2) is 0 Å². The second kappa shape index (κ2) is 9.88. The highest BCUT2D eigenvalue weighted by molar-refractivity contribution is 5.98. The number of carbonyl (C=O) groups is 2. The number of amides is 1. The molecule has 0 aliphatic carbocycles. The van der Waals surface area contributed by atoms with Crippen molar-refractivity contribution in [2.75, 3.05) is 26.2 Å². The fourth-order valence-corrected chi connectivity index (χ4v) is 3.53. The molecule has 1 aromatic carbocycles. The summed E-state index contributed by atoms with van der Waals surface area (Å²) in [6, 6.07) is 7.09. The number of nitrogens with one attached hydrogen (secondary N) is 1. The van der Waals surface area contributed by atoms with Crippen LogP contribution in [0.25, 0.3) is 0 Å².